The Morgan fingerprint density at radius 1 is 1.39 bits per heavy atom. The second-order valence-corrected chi connectivity index (χ2v) is 4.11. The summed E-state index contributed by atoms with van der Waals surface area (Å²) in [6.07, 6.45) is 3.29. The molecule has 4 nitrogen and oxygen atoms in total. The molecule has 4 heteroatoms. The van der Waals surface area contributed by atoms with Crippen LogP contribution in [0.1, 0.15) is 17.0 Å². The summed E-state index contributed by atoms with van der Waals surface area (Å²) in [6, 6.07) is 10.1. The molecule has 0 amide bonds. The third kappa shape index (κ3) is 2.51. The van der Waals surface area contributed by atoms with E-state index in [-0.39, 0.29) is 0 Å². The lowest BCUT2D eigenvalue weighted by molar-refractivity contribution is 0.414. The second kappa shape index (κ2) is 5.37. The zero-order chi connectivity index (χ0) is 13.0. The number of hydrogen-bond donors (Lipinski definition) is 0. The number of nitriles is 1. The van der Waals surface area contributed by atoms with Crippen molar-refractivity contribution in [1.29, 1.82) is 5.26 Å². The summed E-state index contributed by atoms with van der Waals surface area (Å²) in [5.74, 6) is 0.856. The summed E-state index contributed by atoms with van der Waals surface area (Å²) in [6.45, 7) is 0. The maximum Gasteiger partial charge on any atom is 0.142 e. The molecule has 0 spiro atoms. The van der Waals surface area contributed by atoms with Crippen LogP contribution >= 0.6 is 0 Å². The van der Waals surface area contributed by atoms with E-state index < -0.39 is 0 Å². The Bertz CT molecular complexity index is 581. The number of aryl methyl sites for hydroxylation is 3. The zero-order valence-corrected chi connectivity index (χ0v) is 10.6. The molecular weight excluding hydrogens is 226 g/mol. The van der Waals surface area contributed by atoms with Crippen molar-refractivity contribution in [2.75, 3.05) is 7.11 Å². The van der Waals surface area contributed by atoms with Gasteiger partial charge in [0.1, 0.15) is 17.5 Å². The van der Waals surface area contributed by atoms with Crippen LogP contribution in [0.25, 0.3) is 0 Å². The average Bonchev–Trinajstić information content (AvgIpc) is 2.77. The summed E-state index contributed by atoms with van der Waals surface area (Å²) in [4.78, 5) is 4.25. The van der Waals surface area contributed by atoms with Crippen molar-refractivity contribution in [2.24, 2.45) is 7.05 Å². The average molecular weight is 241 g/mol. The van der Waals surface area contributed by atoms with Gasteiger partial charge in [0.05, 0.1) is 19.1 Å². The molecule has 0 unspecified atom stereocenters. The van der Waals surface area contributed by atoms with Gasteiger partial charge in [0, 0.05) is 7.05 Å². The largest absolute Gasteiger partial charge is 0.497 e. The lowest BCUT2D eigenvalue weighted by Gasteiger charge is -2.03. The van der Waals surface area contributed by atoms with Crippen LogP contribution in [0.2, 0.25) is 0 Å². The quantitative estimate of drug-likeness (QED) is 0.823. The number of hydrogen-bond acceptors (Lipinski definition) is 3. The molecule has 0 saturated carbocycles. The molecular formula is C14H15N3O. The molecule has 0 aliphatic carbocycles. The van der Waals surface area contributed by atoms with Crippen molar-refractivity contribution in [1.82, 2.24) is 9.55 Å². The fraction of sp³-hybridized carbons (Fsp3) is 0.286. The molecule has 1 aromatic heterocycles. The predicted octanol–water partition coefficient (Wildman–Crippen LogP) is 2.09. The van der Waals surface area contributed by atoms with Gasteiger partial charge < -0.3 is 9.30 Å². The summed E-state index contributed by atoms with van der Waals surface area (Å²) in [7, 11) is 3.49. The SMILES string of the molecule is COc1cccc(CCc2ncn(C)c2C#N)c1. The van der Waals surface area contributed by atoms with Gasteiger partial charge in [-0.15, -0.1) is 0 Å². The Morgan fingerprint density at radius 3 is 2.94 bits per heavy atom. The van der Waals surface area contributed by atoms with Crippen LogP contribution in [-0.2, 0) is 19.9 Å². The first-order valence-electron chi connectivity index (χ1n) is 5.78. The summed E-state index contributed by atoms with van der Waals surface area (Å²) in [5, 5.41) is 9.04. The van der Waals surface area contributed by atoms with E-state index in [1.54, 1.807) is 18.0 Å². The zero-order valence-electron chi connectivity index (χ0n) is 10.6. The molecule has 0 radical (unpaired) electrons. The normalized spacial score (nSPS) is 10.1. The van der Waals surface area contributed by atoms with Gasteiger partial charge in [-0.2, -0.15) is 5.26 Å². The molecule has 0 bridgehead atoms. The molecule has 18 heavy (non-hydrogen) atoms. The standard InChI is InChI=1S/C14H15N3O/c1-17-10-16-13(14(17)9-15)7-6-11-4-3-5-12(8-11)18-2/h3-5,8,10H,6-7H2,1-2H3. The fourth-order valence-corrected chi connectivity index (χ4v) is 1.90. The van der Waals surface area contributed by atoms with E-state index in [1.165, 1.54) is 5.56 Å². The van der Waals surface area contributed by atoms with Gasteiger partial charge in [0.15, 0.2) is 0 Å². The minimum atomic E-state index is 0.637. The topological polar surface area (TPSA) is 50.8 Å². The van der Waals surface area contributed by atoms with Crippen molar-refractivity contribution < 1.29 is 4.74 Å². The molecule has 0 fully saturated rings. The van der Waals surface area contributed by atoms with Gasteiger partial charge in [-0.05, 0) is 30.5 Å². The molecule has 0 aliphatic heterocycles. The van der Waals surface area contributed by atoms with Crippen LogP contribution in [0.4, 0.5) is 0 Å². The number of ether oxygens (including phenoxy) is 1. The van der Waals surface area contributed by atoms with E-state index in [1.807, 2.05) is 25.2 Å². The summed E-state index contributed by atoms with van der Waals surface area (Å²) < 4.78 is 6.93. The minimum absolute atomic E-state index is 0.637. The Kier molecular flexibility index (Phi) is 3.63. The Hall–Kier alpha value is -2.28. The number of benzene rings is 1. The van der Waals surface area contributed by atoms with Gasteiger partial charge in [-0.1, -0.05) is 12.1 Å². The Balaban J connectivity index is 2.09. The highest BCUT2D eigenvalue weighted by molar-refractivity contribution is 5.31. The van der Waals surface area contributed by atoms with Gasteiger partial charge >= 0.3 is 0 Å². The number of rotatable bonds is 4. The third-order valence-electron chi connectivity index (χ3n) is 2.90. The molecule has 0 aliphatic rings. The number of nitrogens with zero attached hydrogens (tertiary/aromatic N) is 3. The summed E-state index contributed by atoms with van der Waals surface area (Å²) >= 11 is 0. The highest BCUT2D eigenvalue weighted by Crippen LogP contribution is 2.15. The third-order valence-corrected chi connectivity index (χ3v) is 2.90. The van der Waals surface area contributed by atoms with E-state index in [0.29, 0.717) is 5.69 Å². The molecule has 0 atom stereocenters. The monoisotopic (exact) mass is 241 g/mol. The van der Waals surface area contributed by atoms with Crippen molar-refractivity contribution in [3.8, 4) is 11.8 Å². The first-order valence-corrected chi connectivity index (χ1v) is 5.78. The molecule has 0 saturated heterocycles. The molecule has 92 valence electrons. The first kappa shape index (κ1) is 12.2. The van der Waals surface area contributed by atoms with Crippen LogP contribution in [0.15, 0.2) is 30.6 Å². The van der Waals surface area contributed by atoms with Gasteiger partial charge in [0.2, 0.25) is 0 Å². The molecule has 1 heterocycles. The Morgan fingerprint density at radius 2 is 2.22 bits per heavy atom. The highest BCUT2D eigenvalue weighted by Gasteiger charge is 2.08. The number of aromatic nitrogens is 2. The molecule has 2 rings (SSSR count). The van der Waals surface area contributed by atoms with Crippen molar-refractivity contribution in [3.05, 3.63) is 47.5 Å². The van der Waals surface area contributed by atoms with Crippen LogP contribution in [-0.4, -0.2) is 16.7 Å². The van der Waals surface area contributed by atoms with Gasteiger partial charge in [-0.3, -0.25) is 0 Å². The van der Waals surface area contributed by atoms with Crippen molar-refractivity contribution >= 4 is 0 Å². The minimum Gasteiger partial charge on any atom is -0.497 e. The highest BCUT2D eigenvalue weighted by atomic mass is 16.5. The van der Waals surface area contributed by atoms with Crippen molar-refractivity contribution in [2.45, 2.75) is 12.8 Å². The lowest BCUT2D eigenvalue weighted by atomic mass is 10.1. The maximum atomic E-state index is 9.04. The van der Waals surface area contributed by atoms with E-state index in [2.05, 4.69) is 17.1 Å². The Labute approximate surface area is 106 Å². The smallest absolute Gasteiger partial charge is 0.142 e. The van der Waals surface area contributed by atoms with E-state index in [4.69, 9.17) is 10.00 Å². The van der Waals surface area contributed by atoms with E-state index >= 15 is 0 Å². The van der Waals surface area contributed by atoms with Crippen LogP contribution < -0.4 is 4.74 Å². The second-order valence-electron chi connectivity index (χ2n) is 4.11. The molecule has 2 aromatic rings. The van der Waals surface area contributed by atoms with E-state index in [9.17, 15) is 0 Å². The number of methoxy groups -OCH3 is 1. The van der Waals surface area contributed by atoms with Gasteiger partial charge in [-0.25, -0.2) is 4.98 Å². The predicted molar refractivity (Wildman–Crippen MR) is 68.3 cm³/mol. The van der Waals surface area contributed by atoms with Crippen LogP contribution in [0.3, 0.4) is 0 Å². The first-order chi connectivity index (χ1) is 8.74. The summed E-state index contributed by atoms with van der Waals surface area (Å²) in [5.41, 5.74) is 2.67. The van der Waals surface area contributed by atoms with Gasteiger partial charge in [0.25, 0.3) is 0 Å². The fourth-order valence-electron chi connectivity index (χ4n) is 1.90. The maximum absolute atomic E-state index is 9.04. The molecule has 0 N–H and O–H groups in total. The lowest BCUT2D eigenvalue weighted by Crippen LogP contribution is -1.97. The number of imidazole rings is 1. The van der Waals surface area contributed by atoms with Crippen molar-refractivity contribution in [3.63, 3.8) is 0 Å². The van der Waals surface area contributed by atoms with Crippen LogP contribution in [0.5, 0.6) is 5.75 Å². The molecule has 1 aromatic carbocycles. The van der Waals surface area contributed by atoms with Crippen LogP contribution in [0, 0.1) is 11.3 Å². The van der Waals surface area contributed by atoms with E-state index in [0.717, 1.165) is 24.3 Å².